The fourth-order valence-corrected chi connectivity index (χ4v) is 1.63. The summed E-state index contributed by atoms with van der Waals surface area (Å²) in [6, 6.07) is 0.119. The summed E-state index contributed by atoms with van der Waals surface area (Å²) in [6.07, 6.45) is 2.28. The SMILES string of the molecule is CN(CCCl)C(=O)N1CCCC1. The van der Waals surface area contributed by atoms with Crippen molar-refractivity contribution in [3.8, 4) is 0 Å². The number of carbonyl (C=O) groups excluding carboxylic acids is 1. The number of hydrogen-bond donors (Lipinski definition) is 0. The highest BCUT2D eigenvalue weighted by molar-refractivity contribution is 6.18. The van der Waals surface area contributed by atoms with E-state index in [1.54, 1.807) is 11.9 Å². The van der Waals surface area contributed by atoms with Gasteiger partial charge in [-0.2, -0.15) is 0 Å². The zero-order valence-electron chi connectivity index (χ0n) is 7.42. The Morgan fingerprint density at radius 2 is 2.08 bits per heavy atom. The normalized spacial score (nSPS) is 16.7. The molecule has 0 N–H and O–H groups in total. The highest BCUT2D eigenvalue weighted by Crippen LogP contribution is 2.09. The Morgan fingerprint density at radius 3 is 2.58 bits per heavy atom. The second-order valence-corrected chi connectivity index (χ2v) is 3.47. The summed E-state index contributed by atoms with van der Waals surface area (Å²) in [5.41, 5.74) is 0. The first-order valence-corrected chi connectivity index (χ1v) is 4.85. The number of rotatable bonds is 2. The van der Waals surface area contributed by atoms with Gasteiger partial charge in [-0.25, -0.2) is 4.79 Å². The number of carbonyl (C=O) groups is 1. The summed E-state index contributed by atoms with van der Waals surface area (Å²) in [7, 11) is 1.79. The molecule has 70 valence electrons. The van der Waals surface area contributed by atoms with Crippen LogP contribution in [0.25, 0.3) is 0 Å². The molecule has 1 heterocycles. The van der Waals surface area contributed by atoms with Crippen LogP contribution in [0.1, 0.15) is 12.8 Å². The average Bonchev–Trinajstić information content (AvgIpc) is 2.55. The number of alkyl halides is 1. The molecular weight excluding hydrogens is 176 g/mol. The smallest absolute Gasteiger partial charge is 0.319 e. The van der Waals surface area contributed by atoms with Crippen molar-refractivity contribution in [3.05, 3.63) is 0 Å². The summed E-state index contributed by atoms with van der Waals surface area (Å²) in [5.74, 6) is 0.510. The molecule has 12 heavy (non-hydrogen) atoms. The number of halogens is 1. The third-order valence-electron chi connectivity index (χ3n) is 2.12. The number of hydrogen-bond acceptors (Lipinski definition) is 1. The minimum atomic E-state index is 0.119. The number of amides is 2. The van der Waals surface area contributed by atoms with Crippen molar-refractivity contribution in [1.82, 2.24) is 9.80 Å². The Morgan fingerprint density at radius 1 is 1.50 bits per heavy atom. The fraction of sp³-hybridized carbons (Fsp3) is 0.875. The van der Waals surface area contributed by atoms with Crippen molar-refractivity contribution < 1.29 is 4.79 Å². The van der Waals surface area contributed by atoms with E-state index in [0.29, 0.717) is 12.4 Å². The molecule has 0 unspecified atom stereocenters. The van der Waals surface area contributed by atoms with Crippen molar-refractivity contribution in [3.63, 3.8) is 0 Å². The van der Waals surface area contributed by atoms with Gasteiger partial charge >= 0.3 is 6.03 Å². The van der Waals surface area contributed by atoms with Crippen LogP contribution in [-0.2, 0) is 0 Å². The average molecular weight is 191 g/mol. The van der Waals surface area contributed by atoms with Gasteiger partial charge in [0.25, 0.3) is 0 Å². The summed E-state index contributed by atoms with van der Waals surface area (Å²) in [6.45, 7) is 2.45. The van der Waals surface area contributed by atoms with Gasteiger partial charge in [-0.15, -0.1) is 11.6 Å². The second-order valence-electron chi connectivity index (χ2n) is 3.09. The van der Waals surface area contributed by atoms with Crippen LogP contribution in [0.3, 0.4) is 0 Å². The minimum Gasteiger partial charge on any atom is -0.327 e. The van der Waals surface area contributed by atoms with Crippen LogP contribution in [0.2, 0.25) is 0 Å². The molecule has 1 saturated heterocycles. The van der Waals surface area contributed by atoms with E-state index < -0.39 is 0 Å². The number of nitrogens with zero attached hydrogens (tertiary/aromatic N) is 2. The standard InChI is InChI=1S/C8H15ClN2O/c1-10(7-4-9)8(12)11-5-2-3-6-11/h2-7H2,1H3. The van der Waals surface area contributed by atoms with E-state index in [0.717, 1.165) is 25.9 Å². The Bertz CT molecular complexity index is 157. The maximum Gasteiger partial charge on any atom is 0.319 e. The number of likely N-dealkylation sites (tertiary alicyclic amines) is 1. The predicted molar refractivity (Wildman–Crippen MR) is 49.6 cm³/mol. The quantitative estimate of drug-likeness (QED) is 0.604. The maximum atomic E-state index is 11.5. The summed E-state index contributed by atoms with van der Waals surface area (Å²) in [4.78, 5) is 15.1. The lowest BCUT2D eigenvalue weighted by Gasteiger charge is -2.23. The first kappa shape index (κ1) is 9.65. The van der Waals surface area contributed by atoms with Gasteiger partial charge in [0.15, 0.2) is 0 Å². The van der Waals surface area contributed by atoms with Crippen LogP contribution in [0, 0.1) is 0 Å². The molecule has 0 aliphatic carbocycles. The van der Waals surface area contributed by atoms with Crippen molar-refractivity contribution in [2.24, 2.45) is 0 Å². The van der Waals surface area contributed by atoms with Crippen LogP contribution in [0.15, 0.2) is 0 Å². The summed E-state index contributed by atoms with van der Waals surface area (Å²) in [5, 5.41) is 0. The van der Waals surface area contributed by atoms with Crippen molar-refractivity contribution in [1.29, 1.82) is 0 Å². The van der Waals surface area contributed by atoms with Gasteiger partial charge < -0.3 is 9.80 Å². The van der Waals surface area contributed by atoms with Gasteiger partial charge in [0, 0.05) is 32.6 Å². The molecule has 0 aromatic heterocycles. The van der Waals surface area contributed by atoms with E-state index in [-0.39, 0.29) is 6.03 Å². The molecular formula is C8H15ClN2O. The van der Waals surface area contributed by atoms with E-state index in [4.69, 9.17) is 11.6 Å². The fourth-order valence-electron chi connectivity index (χ4n) is 1.37. The minimum absolute atomic E-state index is 0.119. The molecule has 4 heteroatoms. The largest absolute Gasteiger partial charge is 0.327 e. The predicted octanol–water partition coefficient (Wildman–Crippen LogP) is 1.37. The maximum absolute atomic E-state index is 11.5. The summed E-state index contributed by atoms with van der Waals surface area (Å²) < 4.78 is 0. The molecule has 1 aliphatic rings. The first-order valence-electron chi connectivity index (χ1n) is 4.31. The molecule has 1 aliphatic heterocycles. The molecule has 0 spiro atoms. The zero-order valence-corrected chi connectivity index (χ0v) is 8.18. The highest BCUT2D eigenvalue weighted by Gasteiger charge is 2.20. The summed E-state index contributed by atoms with van der Waals surface area (Å²) >= 11 is 5.53. The molecule has 0 aromatic rings. The van der Waals surface area contributed by atoms with Crippen molar-refractivity contribution in [2.75, 3.05) is 32.6 Å². The lowest BCUT2D eigenvalue weighted by Crippen LogP contribution is -2.40. The second kappa shape index (κ2) is 4.55. The van der Waals surface area contributed by atoms with Crippen molar-refractivity contribution >= 4 is 17.6 Å². The van der Waals surface area contributed by atoms with Gasteiger partial charge in [0.05, 0.1) is 0 Å². The van der Waals surface area contributed by atoms with E-state index in [1.165, 1.54) is 0 Å². The Hall–Kier alpha value is -0.440. The Labute approximate surface area is 78.3 Å². The molecule has 0 saturated carbocycles. The monoisotopic (exact) mass is 190 g/mol. The van der Waals surface area contributed by atoms with Gasteiger partial charge in [0.2, 0.25) is 0 Å². The van der Waals surface area contributed by atoms with E-state index in [2.05, 4.69) is 0 Å². The topological polar surface area (TPSA) is 23.6 Å². The van der Waals surface area contributed by atoms with E-state index >= 15 is 0 Å². The number of urea groups is 1. The lowest BCUT2D eigenvalue weighted by molar-refractivity contribution is 0.175. The van der Waals surface area contributed by atoms with Gasteiger partial charge in [-0.05, 0) is 12.8 Å². The van der Waals surface area contributed by atoms with Crippen LogP contribution in [0.5, 0.6) is 0 Å². The molecule has 0 aromatic carbocycles. The van der Waals surface area contributed by atoms with Crippen LogP contribution in [0.4, 0.5) is 4.79 Å². The molecule has 2 amide bonds. The van der Waals surface area contributed by atoms with E-state index in [1.807, 2.05) is 4.90 Å². The molecule has 0 radical (unpaired) electrons. The van der Waals surface area contributed by atoms with Crippen molar-refractivity contribution in [2.45, 2.75) is 12.8 Å². The van der Waals surface area contributed by atoms with Crippen LogP contribution in [-0.4, -0.2) is 48.4 Å². The molecule has 1 rings (SSSR count). The third kappa shape index (κ3) is 2.27. The highest BCUT2D eigenvalue weighted by atomic mass is 35.5. The van der Waals surface area contributed by atoms with Gasteiger partial charge in [-0.3, -0.25) is 0 Å². The van der Waals surface area contributed by atoms with E-state index in [9.17, 15) is 4.79 Å². The van der Waals surface area contributed by atoms with Crippen LogP contribution < -0.4 is 0 Å². The zero-order chi connectivity index (χ0) is 8.97. The lowest BCUT2D eigenvalue weighted by atomic mass is 10.4. The molecule has 0 bridgehead atoms. The third-order valence-corrected chi connectivity index (χ3v) is 2.29. The molecule has 0 atom stereocenters. The molecule has 3 nitrogen and oxygen atoms in total. The Balaban J connectivity index is 2.34. The van der Waals surface area contributed by atoms with Gasteiger partial charge in [0.1, 0.15) is 0 Å². The Kier molecular flexibility index (Phi) is 3.66. The first-order chi connectivity index (χ1) is 5.75. The molecule has 1 fully saturated rings. The van der Waals surface area contributed by atoms with Crippen LogP contribution >= 0.6 is 11.6 Å². The van der Waals surface area contributed by atoms with Gasteiger partial charge in [-0.1, -0.05) is 0 Å².